The van der Waals surface area contributed by atoms with Gasteiger partial charge in [0.05, 0.1) is 0 Å². The van der Waals surface area contributed by atoms with Gasteiger partial charge in [-0.15, -0.1) is 0 Å². The van der Waals surface area contributed by atoms with Crippen LogP contribution in [0.5, 0.6) is 0 Å². The van der Waals surface area contributed by atoms with E-state index in [1.807, 2.05) is 32.9 Å². The summed E-state index contributed by atoms with van der Waals surface area (Å²) in [6.07, 6.45) is 5.67. The van der Waals surface area contributed by atoms with Crippen molar-refractivity contribution >= 4 is 17.6 Å². The van der Waals surface area contributed by atoms with Crippen LogP contribution in [0.15, 0.2) is 18.3 Å². The molecule has 0 aromatic carbocycles. The largest absolute Gasteiger partial charge is 0.344 e. The predicted octanol–water partition coefficient (Wildman–Crippen LogP) is 3.30. The maximum Gasteiger partial charge on any atom is 0.248 e. The molecule has 1 fully saturated rings. The zero-order chi connectivity index (χ0) is 17.7. The quantitative estimate of drug-likeness (QED) is 0.869. The first-order valence-corrected chi connectivity index (χ1v) is 8.90. The average molecular weight is 331 g/mol. The van der Waals surface area contributed by atoms with Crippen LogP contribution >= 0.6 is 0 Å². The van der Waals surface area contributed by atoms with Gasteiger partial charge in [-0.1, -0.05) is 20.8 Å². The molecular weight excluding hydrogens is 302 g/mol. The Hall–Kier alpha value is -1.91. The number of carbonyl (C=O) groups is 2. The van der Waals surface area contributed by atoms with Crippen LogP contribution in [0.3, 0.4) is 0 Å². The maximum absolute atomic E-state index is 12.6. The van der Waals surface area contributed by atoms with Crippen molar-refractivity contribution < 1.29 is 9.59 Å². The standard InChI is InChI=1S/C19H29N3O2/c1-12(2)17(19(24)21-16-11-14(4)9-10-20-16)22-18(23)15-7-5-13(3)6-8-15/h9-13,15,17H,5-8H2,1-4H3,(H,22,23)(H,20,21,24)/t13?,15?,17-/m1/s1. The first-order valence-electron chi connectivity index (χ1n) is 8.90. The number of pyridine rings is 1. The molecule has 0 radical (unpaired) electrons. The van der Waals surface area contributed by atoms with E-state index in [4.69, 9.17) is 0 Å². The van der Waals surface area contributed by atoms with Crippen LogP contribution in [0.25, 0.3) is 0 Å². The maximum atomic E-state index is 12.6. The van der Waals surface area contributed by atoms with Crippen LogP contribution < -0.4 is 10.6 Å². The fourth-order valence-corrected chi connectivity index (χ4v) is 3.14. The fourth-order valence-electron chi connectivity index (χ4n) is 3.14. The molecule has 132 valence electrons. The molecule has 24 heavy (non-hydrogen) atoms. The summed E-state index contributed by atoms with van der Waals surface area (Å²) in [5.74, 6) is 1.07. The third-order valence-corrected chi connectivity index (χ3v) is 4.80. The van der Waals surface area contributed by atoms with Crippen LogP contribution in [0, 0.1) is 24.7 Å². The molecule has 1 aliphatic rings. The highest BCUT2D eigenvalue weighted by molar-refractivity contribution is 5.97. The van der Waals surface area contributed by atoms with Crippen LogP contribution in [0.2, 0.25) is 0 Å². The van der Waals surface area contributed by atoms with E-state index in [1.54, 1.807) is 6.20 Å². The van der Waals surface area contributed by atoms with E-state index >= 15 is 0 Å². The molecule has 1 heterocycles. The topological polar surface area (TPSA) is 71.1 Å². The summed E-state index contributed by atoms with van der Waals surface area (Å²) in [6.45, 7) is 8.06. The molecule has 0 bridgehead atoms. The summed E-state index contributed by atoms with van der Waals surface area (Å²) in [5.41, 5.74) is 1.03. The Morgan fingerprint density at radius 2 is 1.88 bits per heavy atom. The SMILES string of the molecule is Cc1ccnc(NC(=O)[C@H](NC(=O)C2CCC(C)CC2)C(C)C)c1. The lowest BCUT2D eigenvalue weighted by molar-refractivity contribution is -0.131. The van der Waals surface area contributed by atoms with Gasteiger partial charge in [-0.25, -0.2) is 4.98 Å². The Morgan fingerprint density at radius 1 is 1.21 bits per heavy atom. The number of carbonyl (C=O) groups excluding carboxylic acids is 2. The van der Waals surface area contributed by atoms with Gasteiger partial charge in [-0.3, -0.25) is 9.59 Å². The second-order valence-corrected chi connectivity index (χ2v) is 7.39. The van der Waals surface area contributed by atoms with Crippen LogP contribution in [0.4, 0.5) is 5.82 Å². The number of nitrogens with zero attached hydrogens (tertiary/aromatic N) is 1. The minimum Gasteiger partial charge on any atom is -0.344 e. The first-order chi connectivity index (χ1) is 11.4. The average Bonchev–Trinajstić information content (AvgIpc) is 2.52. The number of aryl methyl sites for hydroxylation is 1. The molecule has 0 saturated heterocycles. The van der Waals surface area contributed by atoms with Crippen molar-refractivity contribution in [3.63, 3.8) is 0 Å². The molecule has 2 amide bonds. The molecule has 2 rings (SSSR count). The summed E-state index contributed by atoms with van der Waals surface area (Å²) in [7, 11) is 0. The van der Waals surface area contributed by atoms with Gasteiger partial charge >= 0.3 is 0 Å². The second-order valence-electron chi connectivity index (χ2n) is 7.39. The van der Waals surface area contributed by atoms with Gasteiger partial charge in [0.1, 0.15) is 11.9 Å². The van der Waals surface area contributed by atoms with Gasteiger partial charge in [0.2, 0.25) is 11.8 Å². The molecule has 0 unspecified atom stereocenters. The monoisotopic (exact) mass is 331 g/mol. The summed E-state index contributed by atoms with van der Waals surface area (Å²) in [5, 5.41) is 5.77. The minimum atomic E-state index is -0.542. The van der Waals surface area contributed by atoms with Crippen molar-refractivity contribution in [2.45, 2.75) is 59.4 Å². The van der Waals surface area contributed by atoms with E-state index in [0.29, 0.717) is 11.7 Å². The number of rotatable bonds is 5. The Kier molecular flexibility index (Phi) is 6.35. The summed E-state index contributed by atoms with van der Waals surface area (Å²) < 4.78 is 0. The van der Waals surface area contributed by atoms with E-state index in [2.05, 4.69) is 22.5 Å². The second kappa shape index (κ2) is 8.27. The number of anilines is 1. The van der Waals surface area contributed by atoms with Gasteiger partial charge < -0.3 is 10.6 Å². The highest BCUT2D eigenvalue weighted by Gasteiger charge is 2.30. The van der Waals surface area contributed by atoms with E-state index in [1.165, 1.54) is 0 Å². The lowest BCUT2D eigenvalue weighted by atomic mass is 9.82. The Morgan fingerprint density at radius 3 is 2.46 bits per heavy atom. The van der Waals surface area contributed by atoms with E-state index in [-0.39, 0.29) is 23.7 Å². The Balaban J connectivity index is 1.98. The van der Waals surface area contributed by atoms with Crippen molar-refractivity contribution in [1.29, 1.82) is 0 Å². The fraction of sp³-hybridized carbons (Fsp3) is 0.632. The van der Waals surface area contributed by atoms with Crippen molar-refractivity contribution in [2.24, 2.45) is 17.8 Å². The molecule has 1 aromatic rings. The summed E-state index contributed by atoms with van der Waals surface area (Å²) in [4.78, 5) is 29.2. The van der Waals surface area contributed by atoms with Gasteiger partial charge in [0.25, 0.3) is 0 Å². The van der Waals surface area contributed by atoms with Crippen LogP contribution in [-0.4, -0.2) is 22.8 Å². The third kappa shape index (κ3) is 5.05. The molecule has 2 N–H and O–H groups in total. The van der Waals surface area contributed by atoms with Crippen LogP contribution in [0.1, 0.15) is 52.0 Å². The molecule has 0 spiro atoms. The molecule has 5 nitrogen and oxygen atoms in total. The van der Waals surface area contributed by atoms with E-state index in [9.17, 15) is 9.59 Å². The normalized spacial score (nSPS) is 22.0. The number of amides is 2. The Bertz CT molecular complexity index is 578. The lowest BCUT2D eigenvalue weighted by Crippen LogP contribution is -2.49. The van der Waals surface area contributed by atoms with E-state index < -0.39 is 6.04 Å². The molecule has 0 aliphatic heterocycles. The Labute approximate surface area is 144 Å². The minimum absolute atomic E-state index is 0.00736. The van der Waals surface area contributed by atoms with Crippen molar-refractivity contribution in [2.75, 3.05) is 5.32 Å². The highest BCUT2D eigenvalue weighted by atomic mass is 16.2. The number of hydrogen-bond donors (Lipinski definition) is 2. The van der Waals surface area contributed by atoms with Gasteiger partial charge in [-0.2, -0.15) is 0 Å². The molecule has 1 saturated carbocycles. The van der Waals surface area contributed by atoms with Gasteiger partial charge in [0, 0.05) is 12.1 Å². The predicted molar refractivity (Wildman–Crippen MR) is 95.5 cm³/mol. The van der Waals surface area contributed by atoms with E-state index in [0.717, 1.165) is 31.2 Å². The number of nitrogens with one attached hydrogen (secondary N) is 2. The zero-order valence-corrected chi connectivity index (χ0v) is 15.1. The smallest absolute Gasteiger partial charge is 0.248 e. The summed E-state index contributed by atoms with van der Waals surface area (Å²) >= 11 is 0. The molecule has 5 heteroatoms. The third-order valence-electron chi connectivity index (χ3n) is 4.80. The van der Waals surface area contributed by atoms with Gasteiger partial charge in [-0.05, 0) is 62.1 Å². The lowest BCUT2D eigenvalue weighted by Gasteiger charge is -2.28. The molecule has 1 aromatic heterocycles. The number of aromatic nitrogens is 1. The molecule has 1 atom stereocenters. The van der Waals surface area contributed by atoms with Crippen molar-refractivity contribution in [3.05, 3.63) is 23.9 Å². The molecule has 1 aliphatic carbocycles. The zero-order valence-electron chi connectivity index (χ0n) is 15.1. The number of hydrogen-bond acceptors (Lipinski definition) is 3. The van der Waals surface area contributed by atoms with Crippen molar-refractivity contribution in [3.8, 4) is 0 Å². The molecular formula is C19H29N3O2. The first kappa shape index (κ1) is 18.4. The summed E-state index contributed by atoms with van der Waals surface area (Å²) in [6, 6.07) is 3.15. The van der Waals surface area contributed by atoms with Gasteiger partial charge in [0.15, 0.2) is 0 Å². The van der Waals surface area contributed by atoms with Crippen molar-refractivity contribution in [1.82, 2.24) is 10.3 Å². The van der Waals surface area contributed by atoms with Crippen LogP contribution in [-0.2, 0) is 9.59 Å². The highest BCUT2D eigenvalue weighted by Crippen LogP contribution is 2.28.